The van der Waals surface area contributed by atoms with Crippen LogP contribution in [-0.4, -0.2) is 41.6 Å². The summed E-state index contributed by atoms with van der Waals surface area (Å²) in [5, 5.41) is 5.88. The average molecular weight is 365 g/mol. The van der Waals surface area contributed by atoms with Gasteiger partial charge in [0, 0.05) is 13.1 Å². The van der Waals surface area contributed by atoms with E-state index in [2.05, 4.69) is 24.5 Å². The maximum Gasteiger partial charge on any atom is 0.318 e. The number of piperidine rings is 1. The van der Waals surface area contributed by atoms with E-state index < -0.39 is 11.7 Å². The highest BCUT2D eigenvalue weighted by atomic mass is 16.2. The molecule has 0 aromatic carbocycles. The Hall–Kier alpha value is -1.30. The summed E-state index contributed by atoms with van der Waals surface area (Å²) in [6, 6.07) is -0.604. The van der Waals surface area contributed by atoms with Crippen molar-refractivity contribution in [2.24, 2.45) is 17.1 Å². The molecule has 0 radical (unpaired) electrons. The smallest absolute Gasteiger partial charge is 0.318 e. The van der Waals surface area contributed by atoms with E-state index >= 15 is 0 Å². The van der Waals surface area contributed by atoms with Gasteiger partial charge in [0.15, 0.2) is 0 Å². The molecule has 0 aromatic heterocycles. The summed E-state index contributed by atoms with van der Waals surface area (Å²) in [5.74, 6) is 0.179. The van der Waals surface area contributed by atoms with Crippen molar-refractivity contribution in [1.29, 1.82) is 0 Å². The maximum atomic E-state index is 12.8. The average Bonchev–Trinajstić information content (AvgIpc) is 3.32. The predicted molar refractivity (Wildman–Crippen MR) is 102 cm³/mol. The van der Waals surface area contributed by atoms with Crippen LogP contribution in [0.3, 0.4) is 0 Å². The van der Waals surface area contributed by atoms with Crippen LogP contribution in [0.15, 0.2) is 0 Å². The molecule has 148 valence electrons. The molecule has 1 spiro atoms. The SMILES string of the molecule is CC(C)CC(NC(=O)N1CCC2(CCCCC2)CC1)C(=O)NC1(N)CC1. The van der Waals surface area contributed by atoms with E-state index in [0.29, 0.717) is 17.8 Å². The summed E-state index contributed by atoms with van der Waals surface area (Å²) in [6.45, 7) is 5.75. The summed E-state index contributed by atoms with van der Waals surface area (Å²) in [7, 11) is 0. The van der Waals surface area contributed by atoms with Gasteiger partial charge in [-0.15, -0.1) is 0 Å². The molecule has 3 fully saturated rings. The number of urea groups is 1. The molecule has 3 amide bonds. The second-order valence-corrected chi connectivity index (χ2v) is 9.32. The molecule has 4 N–H and O–H groups in total. The van der Waals surface area contributed by atoms with E-state index in [0.717, 1.165) is 38.8 Å². The lowest BCUT2D eigenvalue weighted by atomic mass is 9.68. The monoisotopic (exact) mass is 364 g/mol. The van der Waals surface area contributed by atoms with Crippen LogP contribution in [-0.2, 0) is 4.79 Å². The Balaban J connectivity index is 1.53. The van der Waals surface area contributed by atoms with Crippen molar-refractivity contribution in [1.82, 2.24) is 15.5 Å². The van der Waals surface area contributed by atoms with Crippen molar-refractivity contribution in [3.05, 3.63) is 0 Å². The lowest BCUT2D eigenvalue weighted by Crippen LogP contribution is -2.57. The van der Waals surface area contributed by atoms with Crippen molar-refractivity contribution in [3.8, 4) is 0 Å². The Morgan fingerprint density at radius 2 is 1.62 bits per heavy atom. The van der Waals surface area contributed by atoms with Gasteiger partial charge < -0.3 is 21.3 Å². The minimum absolute atomic E-state index is 0.0988. The number of carbonyl (C=O) groups is 2. The Kier molecular flexibility index (Phi) is 5.80. The van der Waals surface area contributed by atoms with Gasteiger partial charge in [0.25, 0.3) is 0 Å². The molecule has 1 atom stereocenters. The topological polar surface area (TPSA) is 87.5 Å². The summed E-state index contributed by atoms with van der Waals surface area (Å²) in [6.07, 6.45) is 11.1. The standard InChI is InChI=1S/C20H36N4O2/c1-15(2)14-16(17(25)23-20(21)8-9-20)22-18(26)24-12-10-19(11-13-24)6-4-3-5-7-19/h15-16H,3-14,21H2,1-2H3,(H,22,26)(H,23,25). The van der Waals surface area contributed by atoms with Gasteiger partial charge in [0.05, 0.1) is 5.66 Å². The molecule has 1 saturated heterocycles. The van der Waals surface area contributed by atoms with Crippen LogP contribution in [0.25, 0.3) is 0 Å². The van der Waals surface area contributed by atoms with Crippen LogP contribution in [0, 0.1) is 11.3 Å². The van der Waals surface area contributed by atoms with Crippen molar-refractivity contribution >= 4 is 11.9 Å². The van der Waals surface area contributed by atoms with E-state index in [9.17, 15) is 9.59 Å². The van der Waals surface area contributed by atoms with Crippen molar-refractivity contribution < 1.29 is 9.59 Å². The van der Waals surface area contributed by atoms with Gasteiger partial charge in [-0.25, -0.2) is 4.79 Å². The van der Waals surface area contributed by atoms with Gasteiger partial charge in [0.1, 0.15) is 6.04 Å². The van der Waals surface area contributed by atoms with Gasteiger partial charge in [0.2, 0.25) is 5.91 Å². The van der Waals surface area contributed by atoms with E-state index in [1.165, 1.54) is 32.1 Å². The largest absolute Gasteiger partial charge is 0.336 e. The van der Waals surface area contributed by atoms with Crippen molar-refractivity contribution in [2.75, 3.05) is 13.1 Å². The zero-order chi connectivity index (χ0) is 18.8. The lowest BCUT2D eigenvalue weighted by molar-refractivity contribution is -0.124. The normalized spacial score (nSPS) is 25.0. The van der Waals surface area contributed by atoms with E-state index in [4.69, 9.17) is 5.73 Å². The summed E-state index contributed by atoms with van der Waals surface area (Å²) in [5.41, 5.74) is 5.94. The fraction of sp³-hybridized carbons (Fsp3) is 0.900. The zero-order valence-electron chi connectivity index (χ0n) is 16.5. The first-order valence-electron chi connectivity index (χ1n) is 10.5. The fourth-order valence-electron chi connectivity index (χ4n) is 4.52. The number of hydrogen-bond acceptors (Lipinski definition) is 3. The molecule has 0 aromatic rings. The third kappa shape index (κ3) is 4.90. The van der Waals surface area contributed by atoms with E-state index in [-0.39, 0.29) is 11.9 Å². The lowest BCUT2D eigenvalue weighted by Gasteiger charge is -2.44. The molecule has 1 heterocycles. The summed E-state index contributed by atoms with van der Waals surface area (Å²) in [4.78, 5) is 27.2. The molecule has 2 aliphatic carbocycles. The molecule has 1 aliphatic heterocycles. The molecule has 0 bridgehead atoms. The number of likely N-dealkylation sites (tertiary alicyclic amines) is 1. The summed E-state index contributed by atoms with van der Waals surface area (Å²) >= 11 is 0. The Morgan fingerprint density at radius 1 is 1.00 bits per heavy atom. The third-order valence-electron chi connectivity index (χ3n) is 6.51. The summed E-state index contributed by atoms with van der Waals surface area (Å²) < 4.78 is 0. The number of rotatable bonds is 5. The van der Waals surface area contributed by atoms with Gasteiger partial charge in [-0.3, -0.25) is 4.79 Å². The molecule has 3 rings (SSSR count). The Bertz CT molecular complexity index is 514. The number of hydrogen-bond donors (Lipinski definition) is 3. The Morgan fingerprint density at radius 3 is 2.15 bits per heavy atom. The van der Waals surface area contributed by atoms with Crippen LogP contribution in [0.2, 0.25) is 0 Å². The molecule has 6 nitrogen and oxygen atoms in total. The Labute approximate surface area is 157 Å². The first-order chi connectivity index (χ1) is 12.3. The number of nitrogens with two attached hydrogens (primary N) is 1. The quantitative estimate of drug-likeness (QED) is 0.656. The van der Waals surface area contributed by atoms with Crippen LogP contribution >= 0.6 is 0 Å². The zero-order valence-corrected chi connectivity index (χ0v) is 16.5. The van der Waals surface area contributed by atoms with Crippen molar-refractivity contribution in [2.45, 2.75) is 89.8 Å². The minimum atomic E-state index is -0.546. The van der Waals surface area contributed by atoms with Crippen LogP contribution < -0.4 is 16.4 Å². The molecule has 26 heavy (non-hydrogen) atoms. The highest BCUT2D eigenvalue weighted by Crippen LogP contribution is 2.44. The van der Waals surface area contributed by atoms with Crippen LogP contribution in [0.1, 0.15) is 78.1 Å². The van der Waals surface area contributed by atoms with E-state index in [1.54, 1.807) is 0 Å². The van der Waals surface area contributed by atoms with Crippen molar-refractivity contribution in [3.63, 3.8) is 0 Å². The number of amides is 3. The van der Waals surface area contributed by atoms with Crippen LogP contribution in [0.4, 0.5) is 4.79 Å². The fourth-order valence-corrected chi connectivity index (χ4v) is 4.52. The van der Waals surface area contributed by atoms with E-state index in [1.807, 2.05) is 4.90 Å². The second kappa shape index (κ2) is 7.75. The molecule has 2 saturated carbocycles. The molecule has 6 heteroatoms. The predicted octanol–water partition coefficient (Wildman–Crippen LogP) is 2.72. The second-order valence-electron chi connectivity index (χ2n) is 9.32. The molecule has 3 aliphatic rings. The van der Waals surface area contributed by atoms with Crippen LogP contribution in [0.5, 0.6) is 0 Å². The van der Waals surface area contributed by atoms with Gasteiger partial charge >= 0.3 is 6.03 Å². The molecular weight excluding hydrogens is 328 g/mol. The third-order valence-corrected chi connectivity index (χ3v) is 6.51. The first kappa shape index (κ1) is 19.5. The van der Waals surface area contributed by atoms with Gasteiger partial charge in [-0.1, -0.05) is 33.1 Å². The maximum absolute atomic E-state index is 12.8. The van der Waals surface area contributed by atoms with Gasteiger partial charge in [-0.05, 0) is 56.3 Å². The number of carbonyl (C=O) groups excluding carboxylic acids is 2. The van der Waals surface area contributed by atoms with Gasteiger partial charge in [-0.2, -0.15) is 0 Å². The minimum Gasteiger partial charge on any atom is -0.336 e. The highest BCUT2D eigenvalue weighted by molar-refractivity contribution is 5.87. The number of nitrogens with zero attached hydrogens (tertiary/aromatic N) is 1. The number of nitrogens with one attached hydrogen (secondary N) is 2. The highest BCUT2D eigenvalue weighted by Gasteiger charge is 2.42. The molecule has 1 unspecified atom stereocenters. The molecular formula is C20H36N4O2. The first-order valence-corrected chi connectivity index (χ1v) is 10.5.